The molecule has 0 fully saturated rings. The van der Waals surface area contributed by atoms with E-state index in [1.54, 1.807) is 24.3 Å². The van der Waals surface area contributed by atoms with E-state index in [-0.39, 0.29) is 11.5 Å². The predicted octanol–water partition coefficient (Wildman–Crippen LogP) is 4.30. The SMILES string of the molecule is CC=C(C=CCc1ccc(O)cc1)c1ccc(O)cc1. The molecule has 2 aromatic carbocycles. The van der Waals surface area contributed by atoms with Crippen molar-refractivity contribution in [3.63, 3.8) is 0 Å². The van der Waals surface area contributed by atoms with Crippen molar-refractivity contribution in [1.82, 2.24) is 0 Å². The van der Waals surface area contributed by atoms with Crippen LogP contribution in [0.25, 0.3) is 5.57 Å². The second kappa shape index (κ2) is 6.62. The molecule has 0 aromatic heterocycles. The van der Waals surface area contributed by atoms with Crippen LogP contribution in [0.15, 0.2) is 66.8 Å². The molecule has 0 bridgehead atoms. The molecule has 0 spiro atoms. The van der Waals surface area contributed by atoms with Crippen LogP contribution in [0.5, 0.6) is 11.5 Å². The van der Waals surface area contributed by atoms with Crippen molar-refractivity contribution in [2.45, 2.75) is 13.3 Å². The Bertz CT molecular complexity index is 605. The molecule has 2 aromatic rings. The van der Waals surface area contributed by atoms with Gasteiger partial charge in [0.2, 0.25) is 0 Å². The first-order valence-corrected chi connectivity index (χ1v) is 6.59. The third kappa shape index (κ3) is 3.75. The molecule has 0 aliphatic heterocycles. The molecule has 20 heavy (non-hydrogen) atoms. The van der Waals surface area contributed by atoms with E-state index in [0.717, 1.165) is 23.1 Å². The zero-order chi connectivity index (χ0) is 14.4. The van der Waals surface area contributed by atoms with Crippen LogP contribution in [-0.2, 0) is 6.42 Å². The van der Waals surface area contributed by atoms with Gasteiger partial charge in [0.15, 0.2) is 0 Å². The molecule has 0 amide bonds. The average Bonchev–Trinajstić information content (AvgIpc) is 2.47. The molecule has 0 radical (unpaired) electrons. The van der Waals surface area contributed by atoms with Crippen molar-refractivity contribution in [2.24, 2.45) is 0 Å². The second-order valence-electron chi connectivity index (χ2n) is 4.56. The van der Waals surface area contributed by atoms with Crippen LogP contribution in [0.1, 0.15) is 18.1 Å². The highest BCUT2D eigenvalue weighted by molar-refractivity contribution is 5.74. The van der Waals surface area contributed by atoms with E-state index in [9.17, 15) is 10.2 Å². The van der Waals surface area contributed by atoms with Gasteiger partial charge in [-0.2, -0.15) is 0 Å². The number of rotatable bonds is 4. The van der Waals surface area contributed by atoms with Gasteiger partial charge < -0.3 is 10.2 Å². The Labute approximate surface area is 119 Å². The Morgan fingerprint density at radius 3 is 2.00 bits per heavy atom. The van der Waals surface area contributed by atoms with Gasteiger partial charge >= 0.3 is 0 Å². The minimum atomic E-state index is 0.275. The molecular weight excluding hydrogens is 248 g/mol. The monoisotopic (exact) mass is 266 g/mol. The third-order valence-electron chi connectivity index (χ3n) is 3.10. The number of hydrogen-bond acceptors (Lipinski definition) is 2. The number of phenolic OH excluding ortho intramolecular Hbond substituents is 2. The van der Waals surface area contributed by atoms with Gasteiger partial charge in [-0.1, -0.05) is 42.5 Å². The lowest BCUT2D eigenvalue weighted by molar-refractivity contribution is 0.474. The summed E-state index contributed by atoms with van der Waals surface area (Å²) in [7, 11) is 0. The quantitative estimate of drug-likeness (QED) is 0.810. The second-order valence-corrected chi connectivity index (χ2v) is 4.56. The van der Waals surface area contributed by atoms with E-state index < -0.39 is 0 Å². The standard InChI is InChI=1S/C18H18O2/c1-2-15(16-8-12-18(20)13-9-16)5-3-4-14-6-10-17(19)11-7-14/h2-3,5-13,19-20H,4H2,1H3. The summed E-state index contributed by atoms with van der Waals surface area (Å²) in [5, 5.41) is 18.5. The van der Waals surface area contributed by atoms with Gasteiger partial charge in [0.1, 0.15) is 11.5 Å². The van der Waals surface area contributed by atoms with Gasteiger partial charge in [0.05, 0.1) is 0 Å². The summed E-state index contributed by atoms with van der Waals surface area (Å²) < 4.78 is 0. The summed E-state index contributed by atoms with van der Waals surface area (Å²) >= 11 is 0. The van der Waals surface area contributed by atoms with Crippen LogP contribution in [0.3, 0.4) is 0 Å². The summed E-state index contributed by atoms with van der Waals surface area (Å²) in [5.74, 6) is 0.563. The zero-order valence-electron chi connectivity index (χ0n) is 11.5. The third-order valence-corrected chi connectivity index (χ3v) is 3.10. The van der Waals surface area contributed by atoms with Gasteiger partial charge in [-0.25, -0.2) is 0 Å². The van der Waals surface area contributed by atoms with Crippen LogP contribution in [0.2, 0.25) is 0 Å². The van der Waals surface area contributed by atoms with Crippen LogP contribution < -0.4 is 0 Å². The molecule has 2 heteroatoms. The number of hydrogen-bond donors (Lipinski definition) is 2. The van der Waals surface area contributed by atoms with Crippen LogP contribution in [0, 0.1) is 0 Å². The molecule has 0 heterocycles. The zero-order valence-corrected chi connectivity index (χ0v) is 11.5. The maximum atomic E-state index is 9.30. The van der Waals surface area contributed by atoms with E-state index >= 15 is 0 Å². The largest absolute Gasteiger partial charge is 0.508 e. The van der Waals surface area contributed by atoms with Crippen LogP contribution in [-0.4, -0.2) is 10.2 Å². The van der Waals surface area contributed by atoms with Gasteiger partial charge in [-0.15, -0.1) is 0 Å². The first-order chi connectivity index (χ1) is 9.69. The lowest BCUT2D eigenvalue weighted by Gasteiger charge is -2.02. The van der Waals surface area contributed by atoms with Crippen LogP contribution in [0.4, 0.5) is 0 Å². The Balaban J connectivity index is 2.05. The highest BCUT2D eigenvalue weighted by atomic mass is 16.3. The van der Waals surface area contributed by atoms with E-state index in [1.165, 1.54) is 0 Å². The van der Waals surface area contributed by atoms with Crippen molar-refractivity contribution in [2.75, 3.05) is 0 Å². The van der Waals surface area contributed by atoms with Gasteiger partial charge in [0.25, 0.3) is 0 Å². The van der Waals surface area contributed by atoms with E-state index in [1.807, 2.05) is 37.3 Å². The summed E-state index contributed by atoms with van der Waals surface area (Å²) in [6, 6.07) is 14.4. The molecule has 0 atom stereocenters. The fourth-order valence-electron chi connectivity index (χ4n) is 1.97. The van der Waals surface area contributed by atoms with Crippen molar-refractivity contribution in [3.8, 4) is 11.5 Å². The number of phenols is 2. The van der Waals surface area contributed by atoms with Crippen LogP contribution >= 0.6 is 0 Å². The van der Waals surface area contributed by atoms with E-state index in [0.29, 0.717) is 0 Å². The van der Waals surface area contributed by atoms with E-state index in [2.05, 4.69) is 12.2 Å². The summed E-state index contributed by atoms with van der Waals surface area (Å²) in [6.45, 7) is 1.99. The highest BCUT2D eigenvalue weighted by Gasteiger charge is 1.97. The fourth-order valence-corrected chi connectivity index (χ4v) is 1.97. The van der Waals surface area contributed by atoms with Crippen molar-refractivity contribution < 1.29 is 10.2 Å². The molecule has 2 rings (SSSR count). The average molecular weight is 266 g/mol. The lowest BCUT2D eigenvalue weighted by Crippen LogP contribution is -1.82. The first kappa shape index (κ1) is 13.9. The molecule has 2 nitrogen and oxygen atoms in total. The van der Waals surface area contributed by atoms with Gasteiger partial charge in [-0.3, -0.25) is 0 Å². The minimum absolute atomic E-state index is 0.275. The summed E-state index contributed by atoms with van der Waals surface area (Å²) in [5.41, 5.74) is 3.34. The highest BCUT2D eigenvalue weighted by Crippen LogP contribution is 2.19. The summed E-state index contributed by atoms with van der Waals surface area (Å²) in [6.07, 6.45) is 7.02. The van der Waals surface area contributed by atoms with Gasteiger partial charge in [-0.05, 0) is 54.3 Å². The Morgan fingerprint density at radius 1 is 0.900 bits per heavy atom. The predicted molar refractivity (Wildman–Crippen MR) is 82.7 cm³/mol. The van der Waals surface area contributed by atoms with Crippen molar-refractivity contribution in [3.05, 3.63) is 77.9 Å². The Hall–Kier alpha value is -2.48. The minimum Gasteiger partial charge on any atom is -0.508 e. The summed E-state index contributed by atoms with van der Waals surface area (Å²) in [4.78, 5) is 0. The molecule has 102 valence electrons. The molecule has 0 unspecified atom stereocenters. The number of allylic oxidation sites excluding steroid dienone is 4. The van der Waals surface area contributed by atoms with E-state index in [4.69, 9.17) is 0 Å². The molecule has 0 aliphatic rings. The molecule has 0 saturated carbocycles. The maximum Gasteiger partial charge on any atom is 0.115 e. The molecule has 0 saturated heterocycles. The normalized spacial score (nSPS) is 11.9. The Kier molecular flexibility index (Phi) is 4.61. The molecule has 0 aliphatic carbocycles. The lowest BCUT2D eigenvalue weighted by atomic mass is 10.0. The first-order valence-electron chi connectivity index (χ1n) is 6.59. The van der Waals surface area contributed by atoms with Gasteiger partial charge in [0, 0.05) is 0 Å². The number of aromatic hydroxyl groups is 2. The van der Waals surface area contributed by atoms with Crippen molar-refractivity contribution in [1.29, 1.82) is 0 Å². The maximum absolute atomic E-state index is 9.30. The fraction of sp³-hybridized carbons (Fsp3) is 0.111. The smallest absolute Gasteiger partial charge is 0.115 e. The topological polar surface area (TPSA) is 40.5 Å². The Morgan fingerprint density at radius 2 is 1.45 bits per heavy atom. The van der Waals surface area contributed by atoms with Crippen molar-refractivity contribution >= 4 is 5.57 Å². The number of benzene rings is 2. The molecular formula is C18H18O2. The molecule has 2 N–H and O–H groups in total.